The van der Waals surface area contributed by atoms with Crippen molar-refractivity contribution in [3.63, 3.8) is 0 Å². The van der Waals surface area contributed by atoms with E-state index >= 15 is 0 Å². The van der Waals surface area contributed by atoms with Crippen LogP contribution in [0.1, 0.15) is 51.0 Å². The number of hydrogen-bond donors (Lipinski definition) is 2. The molecule has 0 heterocycles. The number of nitrogens with two attached hydrogens (primary N) is 1. The number of rotatable bonds is 4. The van der Waals surface area contributed by atoms with Crippen LogP contribution in [0.3, 0.4) is 0 Å². The van der Waals surface area contributed by atoms with E-state index in [1.165, 1.54) is 6.42 Å². The van der Waals surface area contributed by atoms with Gasteiger partial charge in [0, 0.05) is 12.5 Å². The lowest BCUT2D eigenvalue weighted by molar-refractivity contribution is -0.0194. The van der Waals surface area contributed by atoms with Crippen LogP contribution in [0, 0.1) is 0 Å². The Bertz CT molecular complexity index is 369. The second kappa shape index (κ2) is 6.92. The Morgan fingerprint density at radius 1 is 1.21 bits per heavy atom. The van der Waals surface area contributed by atoms with Crippen LogP contribution in [-0.4, -0.2) is 24.4 Å². The van der Waals surface area contributed by atoms with E-state index in [9.17, 15) is 5.11 Å². The summed E-state index contributed by atoms with van der Waals surface area (Å²) < 4.78 is 5.16. The van der Waals surface area contributed by atoms with Gasteiger partial charge in [0.1, 0.15) is 5.75 Å². The van der Waals surface area contributed by atoms with Crippen molar-refractivity contribution >= 4 is 0 Å². The standard InChI is InChI=1S/C15H23NO2.CH4/c1-18-13-7-5-12(6-8-13)14(11-16)15(17)9-3-2-4-10-15;/h5-8,14,17H,2-4,9-11,16H2,1H3;1H4. The van der Waals surface area contributed by atoms with Gasteiger partial charge in [-0.15, -0.1) is 0 Å². The van der Waals surface area contributed by atoms with Crippen molar-refractivity contribution in [2.24, 2.45) is 5.73 Å². The van der Waals surface area contributed by atoms with E-state index in [0.717, 1.165) is 37.0 Å². The van der Waals surface area contributed by atoms with Gasteiger partial charge in [-0.05, 0) is 30.5 Å². The maximum Gasteiger partial charge on any atom is 0.118 e. The molecule has 0 amide bonds. The molecule has 2 rings (SSSR count). The maximum atomic E-state index is 10.8. The molecule has 1 unspecified atom stereocenters. The van der Waals surface area contributed by atoms with Crippen LogP contribution in [0.15, 0.2) is 24.3 Å². The highest BCUT2D eigenvalue weighted by molar-refractivity contribution is 5.31. The van der Waals surface area contributed by atoms with E-state index in [4.69, 9.17) is 10.5 Å². The fraction of sp³-hybridized carbons (Fsp3) is 0.625. The first-order valence-electron chi connectivity index (χ1n) is 6.76. The van der Waals surface area contributed by atoms with Crippen LogP contribution >= 0.6 is 0 Å². The first-order valence-corrected chi connectivity index (χ1v) is 6.76. The largest absolute Gasteiger partial charge is 0.497 e. The molecule has 3 nitrogen and oxygen atoms in total. The summed E-state index contributed by atoms with van der Waals surface area (Å²) >= 11 is 0. The lowest BCUT2D eigenvalue weighted by Crippen LogP contribution is -2.41. The summed E-state index contributed by atoms with van der Waals surface area (Å²) in [5.41, 5.74) is 6.39. The second-order valence-corrected chi connectivity index (χ2v) is 5.23. The molecule has 0 radical (unpaired) electrons. The number of methoxy groups -OCH3 is 1. The highest BCUT2D eigenvalue weighted by Gasteiger charge is 2.37. The molecular formula is C16H27NO2. The van der Waals surface area contributed by atoms with E-state index in [-0.39, 0.29) is 13.3 Å². The monoisotopic (exact) mass is 265 g/mol. The molecule has 1 saturated carbocycles. The predicted octanol–water partition coefficient (Wildman–Crippen LogP) is 3.07. The lowest BCUT2D eigenvalue weighted by atomic mass is 9.73. The van der Waals surface area contributed by atoms with Gasteiger partial charge in [0.15, 0.2) is 0 Å². The third-order valence-corrected chi connectivity index (χ3v) is 4.12. The van der Waals surface area contributed by atoms with Gasteiger partial charge < -0.3 is 15.6 Å². The fourth-order valence-corrected chi connectivity index (χ4v) is 3.01. The number of hydrogen-bond acceptors (Lipinski definition) is 3. The van der Waals surface area contributed by atoms with E-state index in [1.807, 2.05) is 24.3 Å². The van der Waals surface area contributed by atoms with Crippen molar-refractivity contribution in [2.45, 2.75) is 51.0 Å². The van der Waals surface area contributed by atoms with E-state index < -0.39 is 5.60 Å². The molecule has 0 bridgehead atoms. The molecule has 0 aromatic heterocycles. The van der Waals surface area contributed by atoms with Gasteiger partial charge in [-0.3, -0.25) is 0 Å². The Balaban J connectivity index is 0.00000180. The first kappa shape index (κ1) is 16.0. The first-order chi connectivity index (χ1) is 8.69. The minimum Gasteiger partial charge on any atom is -0.497 e. The van der Waals surface area contributed by atoms with Crippen LogP contribution in [0.25, 0.3) is 0 Å². The Kier molecular flexibility index (Phi) is 5.83. The molecule has 1 aliphatic rings. The van der Waals surface area contributed by atoms with Gasteiger partial charge >= 0.3 is 0 Å². The van der Waals surface area contributed by atoms with Crippen LogP contribution in [-0.2, 0) is 0 Å². The van der Waals surface area contributed by atoms with Crippen LogP contribution < -0.4 is 10.5 Å². The minimum absolute atomic E-state index is 0. The third-order valence-electron chi connectivity index (χ3n) is 4.12. The Morgan fingerprint density at radius 3 is 2.26 bits per heavy atom. The topological polar surface area (TPSA) is 55.5 Å². The predicted molar refractivity (Wildman–Crippen MR) is 79.6 cm³/mol. The Morgan fingerprint density at radius 2 is 1.79 bits per heavy atom. The summed E-state index contributed by atoms with van der Waals surface area (Å²) in [7, 11) is 1.66. The number of ether oxygens (including phenoxy) is 1. The molecule has 0 aliphatic heterocycles. The highest BCUT2D eigenvalue weighted by atomic mass is 16.5. The molecule has 1 fully saturated rings. The van der Waals surface area contributed by atoms with Crippen molar-refractivity contribution in [1.82, 2.24) is 0 Å². The molecule has 0 saturated heterocycles. The molecule has 3 heteroatoms. The van der Waals surface area contributed by atoms with Gasteiger partial charge in [-0.1, -0.05) is 38.8 Å². The zero-order valence-corrected chi connectivity index (χ0v) is 11.1. The van der Waals surface area contributed by atoms with Crippen molar-refractivity contribution in [3.8, 4) is 5.75 Å². The van der Waals surface area contributed by atoms with Crippen LogP contribution in [0.5, 0.6) is 5.75 Å². The average molecular weight is 265 g/mol. The second-order valence-electron chi connectivity index (χ2n) is 5.23. The van der Waals surface area contributed by atoms with Crippen molar-refractivity contribution in [3.05, 3.63) is 29.8 Å². The molecule has 1 aliphatic carbocycles. The molecule has 3 N–H and O–H groups in total. The van der Waals surface area contributed by atoms with Crippen LogP contribution in [0.4, 0.5) is 0 Å². The van der Waals surface area contributed by atoms with Crippen molar-refractivity contribution < 1.29 is 9.84 Å². The fourth-order valence-electron chi connectivity index (χ4n) is 3.01. The van der Waals surface area contributed by atoms with Crippen molar-refractivity contribution in [2.75, 3.05) is 13.7 Å². The highest BCUT2D eigenvalue weighted by Crippen LogP contribution is 2.39. The summed E-state index contributed by atoms with van der Waals surface area (Å²) in [4.78, 5) is 0. The average Bonchev–Trinajstić information content (AvgIpc) is 2.41. The summed E-state index contributed by atoms with van der Waals surface area (Å²) in [5, 5.41) is 10.8. The summed E-state index contributed by atoms with van der Waals surface area (Å²) in [6.07, 6.45) is 5.15. The normalized spacial score (nSPS) is 19.3. The smallest absolute Gasteiger partial charge is 0.118 e. The summed E-state index contributed by atoms with van der Waals surface area (Å²) in [6, 6.07) is 7.90. The lowest BCUT2D eigenvalue weighted by Gasteiger charge is -2.39. The number of aliphatic hydroxyl groups is 1. The molecule has 0 spiro atoms. The Hall–Kier alpha value is -1.06. The van der Waals surface area contributed by atoms with Gasteiger partial charge in [0.2, 0.25) is 0 Å². The molecule has 108 valence electrons. The summed E-state index contributed by atoms with van der Waals surface area (Å²) in [5.74, 6) is 0.869. The third kappa shape index (κ3) is 3.48. The molecular weight excluding hydrogens is 238 g/mol. The minimum atomic E-state index is -0.623. The van der Waals surface area contributed by atoms with Crippen LogP contribution in [0.2, 0.25) is 0 Å². The maximum absolute atomic E-state index is 10.8. The summed E-state index contributed by atoms with van der Waals surface area (Å²) in [6.45, 7) is 0.489. The van der Waals surface area contributed by atoms with Gasteiger partial charge in [0.25, 0.3) is 0 Å². The van der Waals surface area contributed by atoms with Gasteiger partial charge in [-0.25, -0.2) is 0 Å². The quantitative estimate of drug-likeness (QED) is 0.879. The van der Waals surface area contributed by atoms with Gasteiger partial charge in [0.05, 0.1) is 12.7 Å². The number of benzene rings is 1. The van der Waals surface area contributed by atoms with Crippen molar-refractivity contribution in [1.29, 1.82) is 0 Å². The molecule has 1 aromatic rings. The molecule has 1 atom stereocenters. The van der Waals surface area contributed by atoms with E-state index in [1.54, 1.807) is 7.11 Å². The van der Waals surface area contributed by atoms with Gasteiger partial charge in [-0.2, -0.15) is 0 Å². The van der Waals surface area contributed by atoms with E-state index in [0.29, 0.717) is 6.54 Å². The molecule has 1 aromatic carbocycles. The Labute approximate surface area is 116 Å². The SMILES string of the molecule is C.COc1ccc(C(CN)C2(O)CCCCC2)cc1. The van der Waals surface area contributed by atoms with E-state index in [2.05, 4.69) is 0 Å². The molecule has 19 heavy (non-hydrogen) atoms. The zero-order chi connectivity index (χ0) is 13.0. The zero-order valence-electron chi connectivity index (χ0n) is 11.1.